The van der Waals surface area contributed by atoms with E-state index in [9.17, 15) is 9.59 Å². The van der Waals surface area contributed by atoms with Crippen molar-refractivity contribution in [3.05, 3.63) is 59.7 Å². The molecule has 2 aromatic carbocycles. The number of benzene rings is 2. The van der Waals surface area contributed by atoms with Crippen LogP contribution < -0.4 is 15.4 Å². The minimum Gasteiger partial charge on any atom is -0.484 e. The van der Waals surface area contributed by atoms with Crippen molar-refractivity contribution in [1.82, 2.24) is 5.32 Å². The van der Waals surface area contributed by atoms with Gasteiger partial charge in [0.05, 0.1) is 17.8 Å². The van der Waals surface area contributed by atoms with Crippen LogP contribution in [-0.2, 0) is 4.79 Å². The molecule has 2 amide bonds. The van der Waals surface area contributed by atoms with Crippen LogP contribution >= 0.6 is 0 Å². The summed E-state index contributed by atoms with van der Waals surface area (Å²) in [6.07, 6.45) is 5.13. The van der Waals surface area contributed by atoms with Crippen molar-refractivity contribution in [2.45, 2.75) is 6.92 Å². The topological polar surface area (TPSA) is 67.4 Å². The second-order valence-corrected chi connectivity index (χ2v) is 5.08. The van der Waals surface area contributed by atoms with E-state index in [2.05, 4.69) is 16.6 Å². The Labute approximate surface area is 141 Å². The van der Waals surface area contributed by atoms with Gasteiger partial charge in [-0.25, -0.2) is 0 Å². The summed E-state index contributed by atoms with van der Waals surface area (Å²) in [5, 5.41) is 5.24. The van der Waals surface area contributed by atoms with Gasteiger partial charge in [0.15, 0.2) is 6.61 Å². The Balaban J connectivity index is 1.97. The Bertz CT molecular complexity index is 761. The maximum Gasteiger partial charge on any atom is 0.262 e. The number of terminal acetylenes is 1. The molecule has 0 heterocycles. The van der Waals surface area contributed by atoms with E-state index in [4.69, 9.17) is 11.2 Å². The van der Waals surface area contributed by atoms with Gasteiger partial charge in [0.2, 0.25) is 0 Å². The predicted octanol–water partition coefficient (Wildman–Crippen LogP) is 2.38. The van der Waals surface area contributed by atoms with Gasteiger partial charge in [-0.15, -0.1) is 6.42 Å². The fourth-order valence-electron chi connectivity index (χ4n) is 1.99. The van der Waals surface area contributed by atoms with Crippen molar-refractivity contribution in [3.63, 3.8) is 0 Å². The summed E-state index contributed by atoms with van der Waals surface area (Å²) in [6, 6.07) is 14.1. The molecular formula is C19H18N2O3. The summed E-state index contributed by atoms with van der Waals surface area (Å²) < 4.78 is 5.42. The maximum atomic E-state index is 12.0. The molecule has 0 saturated heterocycles. The standard InChI is InChI=1S/C19H18N2O3/c1-3-12-20-19(23)16-6-4-5-7-17(16)21-18(22)13-24-15-10-8-14(2)9-11-15/h1,4-11H,12-13H2,2H3,(H,20,23)(H,21,22). The smallest absolute Gasteiger partial charge is 0.262 e. The number of anilines is 1. The highest BCUT2D eigenvalue weighted by molar-refractivity contribution is 6.04. The molecule has 0 radical (unpaired) electrons. The molecule has 5 heteroatoms. The molecule has 2 N–H and O–H groups in total. The Morgan fingerprint density at radius 1 is 1.12 bits per heavy atom. The van der Waals surface area contributed by atoms with Gasteiger partial charge < -0.3 is 15.4 Å². The molecule has 24 heavy (non-hydrogen) atoms. The van der Waals surface area contributed by atoms with E-state index in [-0.39, 0.29) is 25.0 Å². The van der Waals surface area contributed by atoms with Crippen LogP contribution in [0.2, 0.25) is 0 Å². The Kier molecular flexibility index (Phi) is 5.98. The number of rotatable bonds is 6. The lowest BCUT2D eigenvalue weighted by molar-refractivity contribution is -0.118. The Morgan fingerprint density at radius 2 is 1.83 bits per heavy atom. The Hall–Kier alpha value is -3.26. The highest BCUT2D eigenvalue weighted by atomic mass is 16.5. The molecule has 2 rings (SSSR count). The van der Waals surface area contributed by atoms with Crippen LogP contribution in [0.3, 0.4) is 0 Å². The van der Waals surface area contributed by atoms with Crippen molar-refractivity contribution in [2.75, 3.05) is 18.5 Å². The summed E-state index contributed by atoms with van der Waals surface area (Å²) in [5.41, 5.74) is 1.86. The first-order valence-corrected chi connectivity index (χ1v) is 7.40. The number of carbonyl (C=O) groups excluding carboxylic acids is 2. The van der Waals surface area contributed by atoms with Gasteiger partial charge in [-0.1, -0.05) is 35.7 Å². The summed E-state index contributed by atoms with van der Waals surface area (Å²) in [7, 11) is 0. The first-order valence-electron chi connectivity index (χ1n) is 7.40. The summed E-state index contributed by atoms with van der Waals surface area (Å²) in [6.45, 7) is 1.94. The Morgan fingerprint density at radius 3 is 2.54 bits per heavy atom. The lowest BCUT2D eigenvalue weighted by atomic mass is 10.1. The van der Waals surface area contributed by atoms with Gasteiger partial charge in [0.25, 0.3) is 11.8 Å². The molecule has 2 aromatic rings. The molecule has 0 atom stereocenters. The zero-order valence-electron chi connectivity index (χ0n) is 13.3. The normalized spacial score (nSPS) is 9.67. The zero-order chi connectivity index (χ0) is 17.4. The highest BCUT2D eigenvalue weighted by Crippen LogP contribution is 2.15. The molecule has 0 bridgehead atoms. The molecule has 0 aliphatic rings. The monoisotopic (exact) mass is 322 g/mol. The van der Waals surface area contributed by atoms with E-state index in [1.165, 1.54) is 0 Å². The fraction of sp³-hybridized carbons (Fsp3) is 0.158. The van der Waals surface area contributed by atoms with E-state index >= 15 is 0 Å². The summed E-state index contributed by atoms with van der Waals surface area (Å²) >= 11 is 0. The highest BCUT2D eigenvalue weighted by Gasteiger charge is 2.12. The third kappa shape index (κ3) is 4.89. The van der Waals surface area contributed by atoms with Crippen LogP contribution in [0.15, 0.2) is 48.5 Å². The van der Waals surface area contributed by atoms with E-state index in [0.29, 0.717) is 17.0 Å². The minimum atomic E-state index is -0.354. The van der Waals surface area contributed by atoms with Crippen molar-refractivity contribution in [1.29, 1.82) is 0 Å². The van der Waals surface area contributed by atoms with E-state index < -0.39 is 0 Å². The number of aryl methyl sites for hydroxylation is 1. The number of ether oxygens (including phenoxy) is 1. The lowest BCUT2D eigenvalue weighted by Crippen LogP contribution is -2.26. The van der Waals surface area contributed by atoms with Crippen molar-refractivity contribution in [3.8, 4) is 18.1 Å². The van der Waals surface area contributed by atoms with Crippen molar-refractivity contribution < 1.29 is 14.3 Å². The summed E-state index contributed by atoms with van der Waals surface area (Å²) in [4.78, 5) is 24.1. The van der Waals surface area contributed by atoms with E-state index in [1.54, 1.807) is 36.4 Å². The SMILES string of the molecule is C#CCNC(=O)c1ccccc1NC(=O)COc1ccc(C)cc1. The van der Waals surface area contributed by atoms with Crippen molar-refractivity contribution in [2.24, 2.45) is 0 Å². The second kappa shape index (κ2) is 8.39. The van der Waals surface area contributed by atoms with Crippen LogP contribution in [0.25, 0.3) is 0 Å². The molecule has 122 valence electrons. The van der Waals surface area contributed by atoms with Gasteiger partial charge in [-0.3, -0.25) is 9.59 Å². The molecule has 5 nitrogen and oxygen atoms in total. The van der Waals surface area contributed by atoms with Crippen LogP contribution in [-0.4, -0.2) is 25.0 Å². The number of amides is 2. The van der Waals surface area contributed by atoms with Gasteiger partial charge >= 0.3 is 0 Å². The largest absolute Gasteiger partial charge is 0.484 e. The molecule has 0 aliphatic heterocycles. The van der Waals surface area contributed by atoms with Crippen LogP contribution in [0.5, 0.6) is 5.75 Å². The molecule has 0 saturated carbocycles. The number of hydrogen-bond acceptors (Lipinski definition) is 3. The quantitative estimate of drug-likeness (QED) is 0.802. The van der Waals surface area contributed by atoms with Crippen LogP contribution in [0.1, 0.15) is 15.9 Å². The minimum absolute atomic E-state index is 0.123. The van der Waals surface area contributed by atoms with E-state index in [1.807, 2.05) is 19.1 Å². The van der Waals surface area contributed by atoms with Gasteiger partial charge in [-0.2, -0.15) is 0 Å². The predicted molar refractivity (Wildman–Crippen MR) is 92.9 cm³/mol. The molecule has 0 aromatic heterocycles. The van der Waals surface area contributed by atoms with Crippen LogP contribution in [0, 0.1) is 19.3 Å². The van der Waals surface area contributed by atoms with Crippen LogP contribution in [0.4, 0.5) is 5.69 Å². The number of para-hydroxylation sites is 1. The van der Waals surface area contributed by atoms with Gasteiger partial charge in [0, 0.05) is 0 Å². The first kappa shape index (κ1) is 17.1. The number of carbonyl (C=O) groups is 2. The third-order valence-electron chi connectivity index (χ3n) is 3.19. The number of nitrogens with one attached hydrogen (secondary N) is 2. The maximum absolute atomic E-state index is 12.0. The zero-order valence-corrected chi connectivity index (χ0v) is 13.3. The van der Waals surface area contributed by atoms with Gasteiger partial charge in [-0.05, 0) is 31.2 Å². The summed E-state index contributed by atoms with van der Waals surface area (Å²) in [5.74, 6) is 2.24. The molecule has 0 unspecified atom stereocenters. The third-order valence-corrected chi connectivity index (χ3v) is 3.19. The second-order valence-electron chi connectivity index (χ2n) is 5.08. The van der Waals surface area contributed by atoms with Gasteiger partial charge in [0.1, 0.15) is 5.75 Å². The average Bonchev–Trinajstić information content (AvgIpc) is 2.59. The molecular weight excluding hydrogens is 304 g/mol. The fourth-order valence-corrected chi connectivity index (χ4v) is 1.99. The first-order chi connectivity index (χ1) is 11.6. The average molecular weight is 322 g/mol. The number of hydrogen-bond donors (Lipinski definition) is 2. The van der Waals surface area contributed by atoms with E-state index in [0.717, 1.165) is 5.56 Å². The lowest BCUT2D eigenvalue weighted by Gasteiger charge is -2.11. The molecule has 0 aliphatic carbocycles. The molecule has 0 spiro atoms. The molecule has 0 fully saturated rings. The van der Waals surface area contributed by atoms with Crippen molar-refractivity contribution >= 4 is 17.5 Å².